The lowest BCUT2D eigenvalue weighted by Crippen LogP contribution is -2.67. The third-order valence-electron chi connectivity index (χ3n) is 10.6. The molecule has 2 amide bonds. The molecule has 0 bridgehead atoms. The summed E-state index contributed by atoms with van der Waals surface area (Å²) in [5, 5.41) is 4.11. The highest BCUT2D eigenvalue weighted by Gasteiger charge is 2.51. The number of likely N-dealkylation sites (tertiary alicyclic amines) is 1. The lowest BCUT2D eigenvalue weighted by atomic mass is 9.86. The number of nitrogens with zero attached hydrogens (tertiary/aromatic N) is 6. The molecule has 1 spiro atoms. The van der Waals surface area contributed by atoms with Crippen LogP contribution in [-0.4, -0.2) is 107 Å². The van der Waals surface area contributed by atoms with Crippen molar-refractivity contribution < 1.29 is 23.8 Å². The molecule has 12 nitrogen and oxygen atoms in total. The van der Waals surface area contributed by atoms with Crippen molar-refractivity contribution in [1.29, 1.82) is 0 Å². The van der Waals surface area contributed by atoms with E-state index >= 15 is 0 Å². The van der Waals surface area contributed by atoms with Gasteiger partial charge in [-0.25, -0.2) is 9.97 Å². The van der Waals surface area contributed by atoms with Crippen molar-refractivity contribution in [3.8, 4) is 51.2 Å². The van der Waals surface area contributed by atoms with Crippen LogP contribution in [0.3, 0.4) is 0 Å². The van der Waals surface area contributed by atoms with Crippen LogP contribution >= 0.6 is 23.2 Å². The lowest BCUT2D eigenvalue weighted by molar-refractivity contribution is -0.130. The van der Waals surface area contributed by atoms with Gasteiger partial charge in [0.25, 0.3) is 0 Å². The number of ether oxygens (including phenoxy) is 3. The molecule has 270 valence electrons. The van der Waals surface area contributed by atoms with Crippen LogP contribution < -0.4 is 19.5 Å². The van der Waals surface area contributed by atoms with Crippen LogP contribution in [0.4, 0.5) is 0 Å². The van der Waals surface area contributed by atoms with Gasteiger partial charge in [-0.15, -0.1) is 0 Å². The Labute approximate surface area is 312 Å². The van der Waals surface area contributed by atoms with Gasteiger partial charge in [0, 0.05) is 87.5 Å². The summed E-state index contributed by atoms with van der Waals surface area (Å²) in [6.07, 6.45) is 3.15. The summed E-state index contributed by atoms with van der Waals surface area (Å²) in [7, 11) is 3.19. The molecule has 3 fully saturated rings. The Bertz CT molecular complexity index is 2070. The summed E-state index contributed by atoms with van der Waals surface area (Å²) in [6.45, 7) is 7.05. The maximum Gasteiger partial charge on any atom is 0.237 e. The van der Waals surface area contributed by atoms with E-state index in [1.54, 1.807) is 27.3 Å². The standard InChI is InChI=1S/C38H39Cl2N7O5/c1-22(48)46-14-12-45(13-15-46)18-29-36(50-2)43-28(17-41-29)26-9-5-7-24(35(26)40)23-6-4-8-25(34(23)39)27-16-31-33(37(42-27)51-3)30(19-52-31)47-20-38(21-47)11-10-32(49)44-38/h4-9,16-17,30H,10-15,18-21H2,1-3H3,(H,44,49)/t30-/m0/s1. The number of halogens is 2. The number of methoxy groups -OCH3 is 2. The fraction of sp³-hybridized carbons (Fsp3) is 0.395. The van der Waals surface area contributed by atoms with E-state index in [2.05, 4.69) is 15.1 Å². The van der Waals surface area contributed by atoms with Crippen LogP contribution in [0.5, 0.6) is 17.5 Å². The first-order chi connectivity index (χ1) is 25.2. The predicted octanol–water partition coefficient (Wildman–Crippen LogP) is 5.26. The van der Waals surface area contributed by atoms with Crippen molar-refractivity contribution in [3.63, 3.8) is 0 Å². The van der Waals surface area contributed by atoms with Gasteiger partial charge in [0.05, 0.1) is 59.0 Å². The molecule has 4 aromatic rings. The second-order valence-corrected chi connectivity index (χ2v) is 14.6. The van der Waals surface area contributed by atoms with E-state index in [0.717, 1.165) is 49.3 Å². The van der Waals surface area contributed by atoms with Gasteiger partial charge in [-0.2, -0.15) is 0 Å². The number of hydrogen-bond donors (Lipinski definition) is 1. The lowest BCUT2D eigenvalue weighted by Gasteiger charge is -2.50. The highest BCUT2D eigenvalue weighted by atomic mass is 35.5. The molecule has 0 aliphatic carbocycles. The number of piperazine rings is 1. The van der Waals surface area contributed by atoms with Crippen LogP contribution in [-0.2, 0) is 16.1 Å². The largest absolute Gasteiger partial charge is 0.491 e. The van der Waals surface area contributed by atoms with Gasteiger partial charge >= 0.3 is 0 Å². The van der Waals surface area contributed by atoms with Gasteiger partial charge in [0.15, 0.2) is 0 Å². The van der Waals surface area contributed by atoms with Crippen LogP contribution in [0.15, 0.2) is 48.7 Å². The average molecular weight is 745 g/mol. The third-order valence-corrected chi connectivity index (χ3v) is 11.4. The zero-order valence-corrected chi connectivity index (χ0v) is 30.8. The first-order valence-corrected chi connectivity index (χ1v) is 18.2. The first kappa shape index (κ1) is 34.6. The number of fused-ring (bicyclic) bond motifs is 1. The third kappa shape index (κ3) is 6.21. The van der Waals surface area contributed by atoms with Crippen LogP contribution in [0, 0.1) is 0 Å². The van der Waals surface area contributed by atoms with Gasteiger partial charge in [-0.1, -0.05) is 59.6 Å². The molecule has 0 saturated carbocycles. The molecule has 6 heterocycles. The number of hydrogen-bond acceptors (Lipinski definition) is 10. The van der Waals surface area contributed by atoms with E-state index in [1.165, 1.54) is 0 Å². The smallest absolute Gasteiger partial charge is 0.237 e. The minimum atomic E-state index is -0.135. The quantitative estimate of drug-likeness (QED) is 0.256. The zero-order chi connectivity index (χ0) is 36.1. The molecule has 1 atom stereocenters. The highest BCUT2D eigenvalue weighted by Crippen LogP contribution is 2.48. The van der Waals surface area contributed by atoms with E-state index in [9.17, 15) is 9.59 Å². The Hall–Kier alpha value is -4.49. The van der Waals surface area contributed by atoms with Crippen molar-refractivity contribution in [2.75, 3.05) is 60.1 Å². The Morgan fingerprint density at radius 2 is 1.58 bits per heavy atom. The monoisotopic (exact) mass is 743 g/mol. The number of benzene rings is 2. The molecule has 1 N–H and O–H groups in total. The number of nitrogens with one attached hydrogen (secondary N) is 1. The Balaban J connectivity index is 1.05. The van der Waals surface area contributed by atoms with E-state index in [0.29, 0.717) is 88.4 Å². The van der Waals surface area contributed by atoms with Crippen molar-refractivity contribution in [2.45, 2.75) is 37.9 Å². The Kier molecular flexibility index (Phi) is 9.19. The van der Waals surface area contributed by atoms with Crippen LogP contribution in [0.25, 0.3) is 33.6 Å². The number of carbonyl (C=O) groups is 2. The molecule has 0 radical (unpaired) electrons. The molecule has 2 aromatic heterocycles. The van der Waals surface area contributed by atoms with Crippen LogP contribution in [0.1, 0.15) is 37.1 Å². The molecule has 2 aromatic carbocycles. The second kappa shape index (κ2) is 13.8. The number of amides is 2. The summed E-state index contributed by atoms with van der Waals surface area (Å²) in [5.74, 6) is 1.83. The van der Waals surface area contributed by atoms with Gasteiger partial charge < -0.3 is 24.4 Å². The molecule has 0 unspecified atom stereocenters. The minimum Gasteiger partial charge on any atom is -0.491 e. The zero-order valence-electron chi connectivity index (χ0n) is 29.2. The normalized spacial score (nSPS) is 19.6. The summed E-state index contributed by atoms with van der Waals surface area (Å²) in [6, 6.07) is 13.4. The summed E-state index contributed by atoms with van der Waals surface area (Å²) >= 11 is 14.3. The average Bonchev–Trinajstić information content (AvgIpc) is 3.75. The summed E-state index contributed by atoms with van der Waals surface area (Å²) in [5.41, 5.74) is 5.54. The maximum absolute atomic E-state index is 11.9. The van der Waals surface area contributed by atoms with Crippen LogP contribution in [0.2, 0.25) is 10.0 Å². The van der Waals surface area contributed by atoms with Crippen molar-refractivity contribution >= 4 is 35.0 Å². The number of carbonyl (C=O) groups excluding carboxylic acids is 2. The van der Waals surface area contributed by atoms with Gasteiger partial charge in [0.1, 0.15) is 18.1 Å². The second-order valence-electron chi connectivity index (χ2n) is 13.8. The molecule has 3 saturated heterocycles. The molecule has 8 rings (SSSR count). The number of rotatable bonds is 8. The summed E-state index contributed by atoms with van der Waals surface area (Å²) in [4.78, 5) is 44.5. The topological polar surface area (TPSA) is 122 Å². The molecule has 4 aliphatic rings. The number of pyridine rings is 1. The van der Waals surface area contributed by atoms with Gasteiger partial charge in [0.2, 0.25) is 23.6 Å². The molecule has 4 aliphatic heterocycles. The van der Waals surface area contributed by atoms with E-state index in [-0.39, 0.29) is 23.4 Å². The molecule has 14 heteroatoms. The van der Waals surface area contributed by atoms with E-state index < -0.39 is 0 Å². The predicted molar refractivity (Wildman–Crippen MR) is 197 cm³/mol. The van der Waals surface area contributed by atoms with Crippen molar-refractivity contribution in [1.82, 2.24) is 35.0 Å². The first-order valence-electron chi connectivity index (χ1n) is 17.4. The fourth-order valence-corrected chi connectivity index (χ4v) is 8.49. The highest BCUT2D eigenvalue weighted by molar-refractivity contribution is 6.39. The molecule has 52 heavy (non-hydrogen) atoms. The molecular formula is C38H39Cl2N7O5. The minimum absolute atomic E-state index is 0.0164. The van der Waals surface area contributed by atoms with Gasteiger partial charge in [-0.3, -0.25) is 24.4 Å². The molecular weight excluding hydrogens is 705 g/mol. The maximum atomic E-state index is 11.9. The van der Waals surface area contributed by atoms with Gasteiger partial charge in [-0.05, 0) is 6.42 Å². The van der Waals surface area contributed by atoms with Crippen molar-refractivity contribution in [3.05, 3.63) is 70.0 Å². The van der Waals surface area contributed by atoms with Crippen molar-refractivity contribution in [2.24, 2.45) is 0 Å². The Morgan fingerprint density at radius 3 is 2.19 bits per heavy atom. The summed E-state index contributed by atoms with van der Waals surface area (Å²) < 4.78 is 17.7. The fourth-order valence-electron chi connectivity index (χ4n) is 7.84. The van der Waals surface area contributed by atoms with E-state index in [4.69, 9.17) is 52.4 Å². The number of aromatic nitrogens is 3. The SMILES string of the molecule is COc1nc(-c2cccc(-c3cccc(-c4cc5c(c(OC)n4)[C@@H](N4CC6(CCC(=O)N6)C4)CO5)c3Cl)c2Cl)cnc1CN1CCN(C(C)=O)CC1. The van der Waals surface area contributed by atoms with E-state index in [1.807, 2.05) is 47.4 Å². The Morgan fingerprint density at radius 1 is 0.942 bits per heavy atom.